The van der Waals surface area contributed by atoms with Crippen LogP contribution in [0.1, 0.15) is 41.3 Å². The molecule has 0 aliphatic carbocycles. The number of methoxy groups -OCH3 is 1. The van der Waals surface area contributed by atoms with Crippen molar-refractivity contribution in [2.24, 2.45) is 0 Å². The average Bonchev–Trinajstić information content (AvgIpc) is 3.03. The van der Waals surface area contributed by atoms with E-state index in [1.165, 1.54) is 12.0 Å². The van der Waals surface area contributed by atoms with Crippen LogP contribution >= 0.6 is 0 Å². The first-order valence-electron chi connectivity index (χ1n) is 8.16. The largest absolute Gasteiger partial charge is 0.497 e. The van der Waals surface area contributed by atoms with Crippen LogP contribution in [0.2, 0.25) is 0 Å². The zero-order valence-electron chi connectivity index (χ0n) is 14.1. The molecular weight excluding hydrogens is 288 g/mol. The van der Waals surface area contributed by atoms with E-state index in [0.717, 1.165) is 42.1 Å². The molecule has 0 amide bonds. The van der Waals surface area contributed by atoms with Gasteiger partial charge in [-0.1, -0.05) is 12.1 Å². The monoisotopic (exact) mass is 312 g/mol. The Morgan fingerprint density at radius 3 is 2.96 bits per heavy atom. The van der Waals surface area contributed by atoms with Gasteiger partial charge in [0.2, 0.25) is 0 Å². The summed E-state index contributed by atoms with van der Waals surface area (Å²) in [6.45, 7) is 5.60. The quantitative estimate of drug-likeness (QED) is 0.942. The number of pyridine rings is 1. The minimum absolute atomic E-state index is 0.149. The van der Waals surface area contributed by atoms with Gasteiger partial charge < -0.3 is 9.72 Å². The number of nitrogens with one attached hydrogen (secondary N) is 1. The van der Waals surface area contributed by atoms with Gasteiger partial charge in [-0.25, -0.2) is 0 Å². The Labute approximate surface area is 137 Å². The molecule has 0 spiro atoms. The van der Waals surface area contributed by atoms with Crippen LogP contribution in [0.3, 0.4) is 0 Å². The maximum Gasteiger partial charge on any atom is 0.187 e. The molecule has 0 bridgehead atoms. The van der Waals surface area contributed by atoms with Gasteiger partial charge in [0.25, 0.3) is 0 Å². The summed E-state index contributed by atoms with van der Waals surface area (Å²) >= 11 is 0. The second-order valence-corrected chi connectivity index (χ2v) is 6.31. The first-order valence-corrected chi connectivity index (χ1v) is 8.16. The fourth-order valence-corrected chi connectivity index (χ4v) is 3.41. The number of ether oxygens (including phenoxy) is 1. The van der Waals surface area contributed by atoms with E-state index in [-0.39, 0.29) is 5.43 Å². The van der Waals surface area contributed by atoms with Crippen molar-refractivity contribution in [3.05, 3.63) is 63.1 Å². The SMILES string of the molecule is COc1cccc(C2CCCN2Cc2[nH]cc(C)c(=O)c2C)c1. The van der Waals surface area contributed by atoms with Crippen molar-refractivity contribution in [2.45, 2.75) is 39.3 Å². The second kappa shape index (κ2) is 6.59. The predicted octanol–water partition coefficient (Wildman–Crippen LogP) is 3.34. The van der Waals surface area contributed by atoms with Crippen LogP contribution in [0.5, 0.6) is 5.75 Å². The minimum atomic E-state index is 0.149. The summed E-state index contributed by atoms with van der Waals surface area (Å²) < 4.78 is 5.35. The van der Waals surface area contributed by atoms with E-state index in [9.17, 15) is 4.79 Å². The van der Waals surface area contributed by atoms with E-state index in [0.29, 0.717) is 6.04 Å². The Balaban J connectivity index is 1.85. The molecule has 1 aromatic heterocycles. The Bertz CT molecular complexity index is 751. The van der Waals surface area contributed by atoms with Crippen molar-refractivity contribution in [3.63, 3.8) is 0 Å². The summed E-state index contributed by atoms with van der Waals surface area (Å²) in [6, 6.07) is 8.69. The number of hydrogen-bond donors (Lipinski definition) is 1. The zero-order valence-corrected chi connectivity index (χ0v) is 14.1. The van der Waals surface area contributed by atoms with Crippen LogP contribution in [0.4, 0.5) is 0 Å². The highest BCUT2D eigenvalue weighted by atomic mass is 16.5. The van der Waals surface area contributed by atoms with Gasteiger partial charge in [-0.2, -0.15) is 0 Å². The van der Waals surface area contributed by atoms with Gasteiger partial charge in [-0.3, -0.25) is 9.69 Å². The van der Waals surface area contributed by atoms with E-state index >= 15 is 0 Å². The minimum Gasteiger partial charge on any atom is -0.497 e. The summed E-state index contributed by atoms with van der Waals surface area (Å²) in [5.74, 6) is 0.897. The Morgan fingerprint density at radius 1 is 1.35 bits per heavy atom. The lowest BCUT2D eigenvalue weighted by Crippen LogP contribution is -2.25. The van der Waals surface area contributed by atoms with E-state index in [2.05, 4.69) is 22.0 Å². The highest BCUT2D eigenvalue weighted by Gasteiger charge is 2.27. The standard InChI is InChI=1S/C19H24N2O2/c1-13-11-20-17(14(2)19(13)22)12-21-9-5-8-18(21)15-6-4-7-16(10-15)23-3/h4,6-7,10-11,18H,5,8-9,12H2,1-3H3,(H,20,22). The molecule has 1 aliphatic heterocycles. The molecule has 1 aromatic carbocycles. The van der Waals surface area contributed by atoms with Gasteiger partial charge in [0.1, 0.15) is 5.75 Å². The molecule has 23 heavy (non-hydrogen) atoms. The van der Waals surface area contributed by atoms with Crippen molar-refractivity contribution in [2.75, 3.05) is 13.7 Å². The molecule has 122 valence electrons. The summed E-state index contributed by atoms with van der Waals surface area (Å²) in [5, 5.41) is 0. The number of aromatic amines is 1. The molecule has 1 fully saturated rings. The number of likely N-dealkylation sites (tertiary alicyclic amines) is 1. The van der Waals surface area contributed by atoms with E-state index in [4.69, 9.17) is 4.74 Å². The fourth-order valence-electron chi connectivity index (χ4n) is 3.41. The normalized spacial score (nSPS) is 18.3. The maximum atomic E-state index is 12.1. The first kappa shape index (κ1) is 15.8. The molecule has 1 saturated heterocycles. The molecule has 1 atom stereocenters. The van der Waals surface area contributed by atoms with Crippen LogP contribution < -0.4 is 10.2 Å². The maximum absolute atomic E-state index is 12.1. The second-order valence-electron chi connectivity index (χ2n) is 6.31. The number of nitrogens with zero attached hydrogens (tertiary/aromatic N) is 1. The van der Waals surface area contributed by atoms with Gasteiger partial charge in [-0.15, -0.1) is 0 Å². The van der Waals surface area contributed by atoms with Gasteiger partial charge in [-0.05, 0) is 50.9 Å². The van der Waals surface area contributed by atoms with Crippen molar-refractivity contribution < 1.29 is 4.74 Å². The van der Waals surface area contributed by atoms with E-state index in [1.807, 2.05) is 32.2 Å². The Hall–Kier alpha value is -2.07. The van der Waals surface area contributed by atoms with E-state index in [1.54, 1.807) is 7.11 Å². The summed E-state index contributed by atoms with van der Waals surface area (Å²) in [6.07, 6.45) is 4.14. The van der Waals surface area contributed by atoms with E-state index < -0.39 is 0 Å². The van der Waals surface area contributed by atoms with Crippen molar-refractivity contribution in [1.29, 1.82) is 0 Å². The lowest BCUT2D eigenvalue weighted by molar-refractivity contribution is 0.244. The van der Waals surface area contributed by atoms with Gasteiger partial charge in [0, 0.05) is 35.6 Å². The number of hydrogen-bond acceptors (Lipinski definition) is 3. The van der Waals surface area contributed by atoms with Gasteiger partial charge in [0.15, 0.2) is 5.43 Å². The zero-order chi connectivity index (χ0) is 16.4. The Kier molecular flexibility index (Phi) is 4.53. The highest BCUT2D eigenvalue weighted by Crippen LogP contribution is 2.34. The van der Waals surface area contributed by atoms with Gasteiger partial charge in [0.05, 0.1) is 7.11 Å². The topological polar surface area (TPSA) is 45.3 Å². The third kappa shape index (κ3) is 3.17. The van der Waals surface area contributed by atoms with Crippen molar-refractivity contribution >= 4 is 0 Å². The molecular formula is C19H24N2O2. The summed E-state index contributed by atoms with van der Waals surface area (Å²) in [4.78, 5) is 17.9. The molecule has 1 aliphatic rings. The predicted molar refractivity (Wildman–Crippen MR) is 91.9 cm³/mol. The molecule has 2 heterocycles. The van der Waals surface area contributed by atoms with Crippen LogP contribution in [0.15, 0.2) is 35.3 Å². The number of aryl methyl sites for hydroxylation is 1. The van der Waals surface area contributed by atoms with Crippen LogP contribution in [0.25, 0.3) is 0 Å². The lowest BCUT2D eigenvalue weighted by atomic mass is 10.0. The van der Waals surface area contributed by atoms with Crippen molar-refractivity contribution in [1.82, 2.24) is 9.88 Å². The fraction of sp³-hybridized carbons (Fsp3) is 0.421. The molecule has 1 unspecified atom stereocenters. The van der Waals surface area contributed by atoms with Crippen LogP contribution in [-0.2, 0) is 6.54 Å². The van der Waals surface area contributed by atoms with Crippen molar-refractivity contribution in [3.8, 4) is 5.75 Å². The summed E-state index contributed by atoms with van der Waals surface area (Å²) in [7, 11) is 1.70. The van der Waals surface area contributed by atoms with Crippen LogP contribution in [0, 0.1) is 13.8 Å². The lowest BCUT2D eigenvalue weighted by Gasteiger charge is -2.25. The Morgan fingerprint density at radius 2 is 2.17 bits per heavy atom. The number of benzene rings is 1. The molecule has 0 saturated carbocycles. The molecule has 4 heteroatoms. The number of rotatable bonds is 4. The average molecular weight is 312 g/mol. The van der Waals surface area contributed by atoms with Gasteiger partial charge >= 0.3 is 0 Å². The summed E-state index contributed by atoms with van der Waals surface area (Å²) in [5.41, 5.74) is 4.07. The smallest absolute Gasteiger partial charge is 0.187 e. The molecule has 0 radical (unpaired) electrons. The van der Waals surface area contributed by atoms with Crippen LogP contribution in [-0.4, -0.2) is 23.5 Å². The first-order chi connectivity index (χ1) is 11.1. The number of H-pyrrole nitrogens is 1. The third-order valence-electron chi connectivity index (χ3n) is 4.82. The third-order valence-corrected chi connectivity index (χ3v) is 4.82. The highest BCUT2D eigenvalue weighted by molar-refractivity contribution is 5.31. The molecule has 3 rings (SSSR count). The molecule has 1 N–H and O–H groups in total. The number of aromatic nitrogens is 1. The molecule has 2 aromatic rings. The molecule has 4 nitrogen and oxygen atoms in total.